The average molecular weight is 194 g/mol. The summed E-state index contributed by atoms with van der Waals surface area (Å²) >= 11 is 0. The molecule has 0 aliphatic rings. The van der Waals surface area contributed by atoms with Gasteiger partial charge in [0, 0.05) is 18.3 Å². The molecule has 14 heavy (non-hydrogen) atoms. The molecule has 0 saturated heterocycles. The van der Waals surface area contributed by atoms with E-state index in [2.05, 4.69) is 5.16 Å². The van der Waals surface area contributed by atoms with E-state index in [-0.39, 0.29) is 5.69 Å². The molecule has 0 N–H and O–H groups in total. The summed E-state index contributed by atoms with van der Waals surface area (Å²) in [6.07, 6.45) is 1.53. The van der Waals surface area contributed by atoms with Gasteiger partial charge in [-0.3, -0.25) is 10.1 Å². The van der Waals surface area contributed by atoms with Crippen LogP contribution >= 0.6 is 0 Å². The maximum atomic E-state index is 10.3. The molecule has 0 spiro atoms. The molecule has 0 saturated carbocycles. The molecule has 5 heteroatoms. The first-order valence-corrected chi connectivity index (χ1v) is 4.07. The summed E-state index contributed by atoms with van der Waals surface area (Å²) < 4.78 is 0. The van der Waals surface area contributed by atoms with Crippen molar-refractivity contribution in [2.75, 3.05) is 0 Å². The normalized spacial score (nSPS) is 10.4. The van der Waals surface area contributed by atoms with E-state index in [0.717, 1.165) is 5.56 Å². The van der Waals surface area contributed by atoms with Crippen molar-refractivity contribution in [3.05, 3.63) is 39.9 Å². The smallest absolute Gasteiger partial charge is 0.269 e. The molecule has 1 rings (SSSR count). The number of rotatable bonds is 4. The van der Waals surface area contributed by atoms with Crippen molar-refractivity contribution in [1.82, 2.24) is 0 Å². The first-order valence-electron chi connectivity index (χ1n) is 4.07. The number of nitro groups is 1. The van der Waals surface area contributed by atoms with E-state index < -0.39 is 4.92 Å². The van der Waals surface area contributed by atoms with Gasteiger partial charge in [-0.2, -0.15) is 0 Å². The minimum Gasteiger partial charge on any atom is -0.391 e. The van der Waals surface area contributed by atoms with Crippen molar-refractivity contribution >= 4 is 11.9 Å². The first kappa shape index (κ1) is 10.2. The first-order chi connectivity index (χ1) is 6.74. The van der Waals surface area contributed by atoms with Crippen LogP contribution in [-0.2, 0) is 11.4 Å². The molecule has 1 aromatic rings. The number of nitro benzene ring substituents is 1. The van der Waals surface area contributed by atoms with Gasteiger partial charge < -0.3 is 4.84 Å². The Morgan fingerprint density at radius 2 is 2.14 bits per heavy atom. The second kappa shape index (κ2) is 4.96. The number of benzene rings is 1. The fourth-order valence-electron chi connectivity index (χ4n) is 0.900. The summed E-state index contributed by atoms with van der Waals surface area (Å²) in [7, 11) is 0. The van der Waals surface area contributed by atoms with Gasteiger partial charge in [-0.05, 0) is 24.6 Å². The lowest BCUT2D eigenvalue weighted by Crippen LogP contribution is -1.90. The molecule has 0 bridgehead atoms. The SMILES string of the molecule is C/C=N/OCc1ccc([N+](=O)[O-])cc1. The molecule has 0 aliphatic heterocycles. The predicted octanol–water partition coefficient (Wildman–Crippen LogP) is 2.12. The molecule has 5 nitrogen and oxygen atoms in total. The minimum absolute atomic E-state index is 0.0766. The van der Waals surface area contributed by atoms with Crippen LogP contribution in [0.1, 0.15) is 12.5 Å². The summed E-state index contributed by atoms with van der Waals surface area (Å²) in [5.41, 5.74) is 0.925. The molecular weight excluding hydrogens is 184 g/mol. The third-order valence-corrected chi connectivity index (χ3v) is 1.56. The van der Waals surface area contributed by atoms with Crippen LogP contribution in [0.3, 0.4) is 0 Å². The number of hydrogen-bond acceptors (Lipinski definition) is 4. The molecule has 0 amide bonds. The van der Waals surface area contributed by atoms with Crippen LogP contribution in [0.4, 0.5) is 5.69 Å². The van der Waals surface area contributed by atoms with Crippen LogP contribution in [0, 0.1) is 10.1 Å². The highest BCUT2D eigenvalue weighted by atomic mass is 16.6. The molecule has 0 fully saturated rings. The van der Waals surface area contributed by atoms with Crippen molar-refractivity contribution in [3.8, 4) is 0 Å². The van der Waals surface area contributed by atoms with E-state index in [1.165, 1.54) is 18.3 Å². The second-order valence-corrected chi connectivity index (χ2v) is 2.56. The lowest BCUT2D eigenvalue weighted by molar-refractivity contribution is -0.384. The molecule has 74 valence electrons. The Balaban J connectivity index is 2.59. The fourth-order valence-corrected chi connectivity index (χ4v) is 0.900. The monoisotopic (exact) mass is 194 g/mol. The third kappa shape index (κ3) is 2.85. The molecule has 0 aliphatic carbocycles. The maximum absolute atomic E-state index is 10.3. The minimum atomic E-state index is -0.436. The van der Waals surface area contributed by atoms with Gasteiger partial charge in [0.05, 0.1) is 4.92 Å². The molecule has 0 radical (unpaired) electrons. The van der Waals surface area contributed by atoms with Crippen molar-refractivity contribution < 1.29 is 9.76 Å². The lowest BCUT2D eigenvalue weighted by Gasteiger charge is -1.98. The van der Waals surface area contributed by atoms with Crippen LogP contribution < -0.4 is 0 Å². The van der Waals surface area contributed by atoms with Crippen LogP contribution in [-0.4, -0.2) is 11.1 Å². The predicted molar refractivity (Wildman–Crippen MR) is 52.1 cm³/mol. The largest absolute Gasteiger partial charge is 0.391 e. The van der Waals surface area contributed by atoms with Crippen LogP contribution in [0.5, 0.6) is 0 Å². The van der Waals surface area contributed by atoms with Crippen molar-refractivity contribution in [2.24, 2.45) is 5.16 Å². The molecule has 0 heterocycles. The van der Waals surface area contributed by atoms with Crippen molar-refractivity contribution in [2.45, 2.75) is 13.5 Å². The van der Waals surface area contributed by atoms with E-state index in [0.29, 0.717) is 6.61 Å². The summed E-state index contributed by atoms with van der Waals surface area (Å²) in [5, 5.41) is 13.9. The number of oxime groups is 1. The van der Waals surface area contributed by atoms with E-state index in [4.69, 9.17) is 4.84 Å². The molecule has 0 atom stereocenters. The van der Waals surface area contributed by atoms with Gasteiger partial charge in [-0.15, -0.1) is 0 Å². The summed E-state index contributed by atoms with van der Waals surface area (Å²) in [6, 6.07) is 6.16. The van der Waals surface area contributed by atoms with Gasteiger partial charge in [0.2, 0.25) is 0 Å². The Bertz CT molecular complexity index is 332. The van der Waals surface area contributed by atoms with Gasteiger partial charge in [0.1, 0.15) is 6.61 Å². The van der Waals surface area contributed by atoms with Gasteiger partial charge in [-0.25, -0.2) is 0 Å². The molecule has 0 aromatic heterocycles. The molecule has 1 aromatic carbocycles. The van der Waals surface area contributed by atoms with E-state index in [1.807, 2.05) is 0 Å². The number of nitrogens with zero attached hydrogens (tertiary/aromatic N) is 2. The molecular formula is C9H10N2O3. The number of non-ortho nitro benzene ring substituents is 1. The van der Waals surface area contributed by atoms with E-state index >= 15 is 0 Å². The van der Waals surface area contributed by atoms with Gasteiger partial charge in [-0.1, -0.05) is 5.16 Å². The maximum Gasteiger partial charge on any atom is 0.269 e. The average Bonchev–Trinajstić information content (AvgIpc) is 2.19. The zero-order valence-electron chi connectivity index (χ0n) is 7.71. The highest BCUT2D eigenvalue weighted by Gasteiger charge is 2.03. The summed E-state index contributed by atoms with van der Waals surface area (Å²) in [4.78, 5) is 14.8. The quantitative estimate of drug-likeness (QED) is 0.419. The highest BCUT2D eigenvalue weighted by molar-refractivity contribution is 5.52. The Morgan fingerprint density at radius 1 is 1.50 bits per heavy atom. The van der Waals surface area contributed by atoms with Crippen LogP contribution in [0.15, 0.2) is 29.4 Å². The van der Waals surface area contributed by atoms with E-state index in [1.54, 1.807) is 19.1 Å². The topological polar surface area (TPSA) is 64.7 Å². The van der Waals surface area contributed by atoms with Crippen LogP contribution in [0.25, 0.3) is 0 Å². The van der Waals surface area contributed by atoms with Gasteiger partial charge in [0.15, 0.2) is 0 Å². The highest BCUT2D eigenvalue weighted by Crippen LogP contribution is 2.12. The standard InChI is InChI=1S/C9H10N2O3/c1-2-10-14-7-8-3-5-9(6-4-8)11(12)13/h2-6H,7H2,1H3/b10-2+. The Hall–Kier alpha value is -1.91. The summed E-state index contributed by atoms with van der Waals surface area (Å²) in [6.45, 7) is 2.07. The van der Waals surface area contributed by atoms with Gasteiger partial charge in [0.25, 0.3) is 5.69 Å². The van der Waals surface area contributed by atoms with Gasteiger partial charge >= 0.3 is 0 Å². The third-order valence-electron chi connectivity index (χ3n) is 1.56. The lowest BCUT2D eigenvalue weighted by atomic mass is 10.2. The fraction of sp³-hybridized carbons (Fsp3) is 0.222. The zero-order valence-corrected chi connectivity index (χ0v) is 7.71. The second-order valence-electron chi connectivity index (χ2n) is 2.56. The summed E-state index contributed by atoms with van der Waals surface area (Å²) in [5.74, 6) is 0. The van der Waals surface area contributed by atoms with Crippen molar-refractivity contribution in [1.29, 1.82) is 0 Å². The number of hydrogen-bond donors (Lipinski definition) is 0. The Labute approximate surface area is 81.1 Å². The Kier molecular flexibility index (Phi) is 3.60. The Morgan fingerprint density at radius 3 is 2.64 bits per heavy atom. The molecule has 0 unspecified atom stereocenters. The van der Waals surface area contributed by atoms with Crippen LogP contribution in [0.2, 0.25) is 0 Å². The van der Waals surface area contributed by atoms with E-state index in [9.17, 15) is 10.1 Å². The van der Waals surface area contributed by atoms with Crippen molar-refractivity contribution in [3.63, 3.8) is 0 Å². The zero-order chi connectivity index (χ0) is 10.4.